The lowest BCUT2D eigenvalue weighted by Gasteiger charge is -2.34. The molecule has 3 N–H and O–H groups in total. The van der Waals surface area contributed by atoms with Gasteiger partial charge in [-0.15, -0.1) is 0 Å². The van der Waals surface area contributed by atoms with Crippen molar-refractivity contribution in [3.63, 3.8) is 0 Å². The van der Waals surface area contributed by atoms with Gasteiger partial charge in [-0.3, -0.25) is 9.79 Å². The summed E-state index contributed by atoms with van der Waals surface area (Å²) in [5.41, 5.74) is 5.91. The number of nitrogens with two attached hydrogens (primary N) is 1. The number of piperidine rings is 1. The fourth-order valence-corrected chi connectivity index (χ4v) is 3.08. The van der Waals surface area contributed by atoms with Crippen LogP contribution in [0.4, 0.5) is 8.78 Å². The number of benzene rings is 1. The molecule has 8 heteroatoms. The number of ether oxygens (including phenoxy) is 1. The van der Waals surface area contributed by atoms with Gasteiger partial charge in [0.05, 0.1) is 0 Å². The topological polar surface area (TPSA) is 80.0 Å². The van der Waals surface area contributed by atoms with Crippen LogP contribution in [0.25, 0.3) is 0 Å². The number of hydrogen-bond donors (Lipinski definition) is 2. The van der Waals surface area contributed by atoms with Crippen molar-refractivity contribution in [2.75, 3.05) is 20.1 Å². The highest BCUT2D eigenvalue weighted by Crippen LogP contribution is 2.21. The minimum atomic E-state index is -2.86. The van der Waals surface area contributed by atoms with Gasteiger partial charge >= 0.3 is 6.61 Å². The molecule has 1 fully saturated rings. The van der Waals surface area contributed by atoms with Gasteiger partial charge in [0.2, 0.25) is 5.91 Å². The zero-order valence-corrected chi connectivity index (χ0v) is 14.3. The molecular formula is C17H24F2N4O2. The number of nitrogens with zero attached hydrogens (tertiary/aromatic N) is 2. The standard InChI is InChI=1S/C17H24F2N4O2/c1-21-17(23-8-4-5-12(11-23)9-15(20)24)22-10-13-6-2-3-7-14(13)25-16(18)19/h2-3,6-7,12,16H,4-5,8-11H2,1H3,(H2,20,24)(H,21,22). The van der Waals surface area contributed by atoms with Crippen LogP contribution in [-0.4, -0.2) is 43.5 Å². The Kier molecular flexibility index (Phi) is 6.97. The van der Waals surface area contributed by atoms with E-state index in [1.807, 2.05) is 0 Å². The van der Waals surface area contributed by atoms with Gasteiger partial charge in [0, 0.05) is 38.7 Å². The van der Waals surface area contributed by atoms with Crippen LogP contribution in [0.2, 0.25) is 0 Å². The van der Waals surface area contributed by atoms with Crippen LogP contribution in [0, 0.1) is 5.92 Å². The molecule has 1 heterocycles. The van der Waals surface area contributed by atoms with Crippen molar-refractivity contribution in [2.24, 2.45) is 16.6 Å². The fourth-order valence-electron chi connectivity index (χ4n) is 3.08. The first-order valence-corrected chi connectivity index (χ1v) is 8.26. The lowest BCUT2D eigenvalue weighted by molar-refractivity contribution is -0.119. The summed E-state index contributed by atoms with van der Waals surface area (Å²) < 4.78 is 29.5. The maximum atomic E-state index is 12.5. The van der Waals surface area contributed by atoms with Crippen LogP contribution in [0.1, 0.15) is 24.8 Å². The maximum absolute atomic E-state index is 12.5. The third-order valence-corrected chi connectivity index (χ3v) is 4.15. The molecule has 1 amide bonds. The molecule has 1 aliphatic heterocycles. The summed E-state index contributed by atoms with van der Waals surface area (Å²) in [5.74, 6) is 0.721. The molecule has 138 valence electrons. The SMILES string of the molecule is CN=C(NCc1ccccc1OC(F)F)N1CCCC(CC(N)=O)C1. The van der Waals surface area contributed by atoms with Crippen LogP contribution in [0.3, 0.4) is 0 Å². The van der Waals surface area contributed by atoms with Crippen molar-refractivity contribution < 1.29 is 18.3 Å². The number of carbonyl (C=O) groups is 1. The lowest BCUT2D eigenvalue weighted by Crippen LogP contribution is -2.46. The van der Waals surface area contributed by atoms with E-state index in [1.165, 1.54) is 6.07 Å². The second-order valence-corrected chi connectivity index (χ2v) is 6.01. The second kappa shape index (κ2) is 9.19. The number of hydrogen-bond acceptors (Lipinski definition) is 3. The van der Waals surface area contributed by atoms with Gasteiger partial charge in [0.15, 0.2) is 5.96 Å². The molecule has 1 aromatic carbocycles. The average Bonchev–Trinajstić information content (AvgIpc) is 2.56. The van der Waals surface area contributed by atoms with E-state index >= 15 is 0 Å². The monoisotopic (exact) mass is 354 g/mol. The first-order valence-electron chi connectivity index (χ1n) is 8.26. The molecule has 0 saturated carbocycles. The highest BCUT2D eigenvalue weighted by molar-refractivity contribution is 5.80. The predicted molar refractivity (Wildman–Crippen MR) is 91.4 cm³/mol. The summed E-state index contributed by atoms with van der Waals surface area (Å²) in [7, 11) is 1.67. The molecule has 1 aliphatic rings. The first-order chi connectivity index (χ1) is 12.0. The normalized spacial score (nSPS) is 18.3. The Bertz CT molecular complexity index is 610. The molecule has 0 aliphatic carbocycles. The van der Waals surface area contributed by atoms with Crippen LogP contribution in [0.15, 0.2) is 29.3 Å². The van der Waals surface area contributed by atoms with Crippen LogP contribution >= 0.6 is 0 Å². The summed E-state index contributed by atoms with van der Waals surface area (Å²) in [6.45, 7) is -1.04. The summed E-state index contributed by atoms with van der Waals surface area (Å²) in [5, 5.41) is 3.18. The predicted octanol–water partition coefficient (Wildman–Crippen LogP) is 1.95. The van der Waals surface area contributed by atoms with E-state index in [0.29, 0.717) is 31.0 Å². The van der Waals surface area contributed by atoms with E-state index in [9.17, 15) is 13.6 Å². The summed E-state index contributed by atoms with van der Waals surface area (Å²) in [6.07, 6.45) is 2.27. The molecule has 1 aromatic rings. The Hall–Kier alpha value is -2.38. The number of aliphatic imine (C=N–C) groups is 1. The number of primary amides is 1. The van der Waals surface area contributed by atoms with Crippen molar-refractivity contribution in [3.05, 3.63) is 29.8 Å². The molecule has 6 nitrogen and oxygen atoms in total. The molecule has 25 heavy (non-hydrogen) atoms. The lowest BCUT2D eigenvalue weighted by atomic mass is 9.95. The van der Waals surface area contributed by atoms with E-state index in [1.54, 1.807) is 25.2 Å². The Balaban J connectivity index is 1.98. The Morgan fingerprint density at radius 2 is 2.24 bits per heavy atom. The Labute approximate surface area is 146 Å². The van der Waals surface area contributed by atoms with Crippen molar-refractivity contribution in [1.29, 1.82) is 0 Å². The number of nitrogens with one attached hydrogen (secondary N) is 1. The zero-order chi connectivity index (χ0) is 18.2. The number of likely N-dealkylation sites (tertiary alicyclic amines) is 1. The second-order valence-electron chi connectivity index (χ2n) is 6.01. The Morgan fingerprint density at radius 3 is 2.92 bits per heavy atom. The van der Waals surface area contributed by atoms with Gasteiger partial charge in [-0.2, -0.15) is 8.78 Å². The van der Waals surface area contributed by atoms with E-state index in [2.05, 4.69) is 19.9 Å². The number of carbonyl (C=O) groups excluding carboxylic acids is 1. The molecule has 1 saturated heterocycles. The van der Waals surface area contributed by atoms with Crippen molar-refractivity contribution in [2.45, 2.75) is 32.4 Å². The van der Waals surface area contributed by atoms with Crippen LogP contribution in [0.5, 0.6) is 5.75 Å². The first kappa shape index (κ1) is 19.0. The molecule has 0 spiro atoms. The average molecular weight is 354 g/mol. The number of rotatable bonds is 6. The van der Waals surface area contributed by atoms with E-state index in [-0.39, 0.29) is 17.6 Å². The van der Waals surface area contributed by atoms with E-state index < -0.39 is 6.61 Å². The quantitative estimate of drug-likeness (QED) is 0.604. The summed E-state index contributed by atoms with van der Waals surface area (Å²) in [6, 6.07) is 6.65. The molecular weight excluding hydrogens is 330 g/mol. The molecule has 1 unspecified atom stereocenters. The Morgan fingerprint density at radius 1 is 1.48 bits per heavy atom. The largest absolute Gasteiger partial charge is 0.434 e. The maximum Gasteiger partial charge on any atom is 0.387 e. The van der Waals surface area contributed by atoms with Crippen molar-refractivity contribution in [3.8, 4) is 5.75 Å². The minimum Gasteiger partial charge on any atom is -0.434 e. The number of alkyl halides is 2. The summed E-state index contributed by atoms with van der Waals surface area (Å²) in [4.78, 5) is 17.5. The molecule has 0 radical (unpaired) electrons. The minimum absolute atomic E-state index is 0.144. The summed E-state index contributed by atoms with van der Waals surface area (Å²) >= 11 is 0. The third kappa shape index (κ3) is 5.88. The highest BCUT2D eigenvalue weighted by Gasteiger charge is 2.23. The zero-order valence-electron chi connectivity index (χ0n) is 14.3. The number of amides is 1. The number of para-hydroxylation sites is 1. The molecule has 0 bridgehead atoms. The highest BCUT2D eigenvalue weighted by atomic mass is 19.3. The van der Waals surface area contributed by atoms with Gasteiger partial charge in [0.1, 0.15) is 5.75 Å². The third-order valence-electron chi connectivity index (χ3n) is 4.15. The van der Waals surface area contributed by atoms with Crippen LogP contribution in [-0.2, 0) is 11.3 Å². The number of guanidine groups is 1. The smallest absolute Gasteiger partial charge is 0.387 e. The molecule has 2 rings (SSSR count). The van der Waals surface area contributed by atoms with Gasteiger partial charge in [-0.1, -0.05) is 18.2 Å². The van der Waals surface area contributed by atoms with E-state index in [0.717, 1.165) is 19.4 Å². The fraction of sp³-hybridized carbons (Fsp3) is 0.529. The van der Waals surface area contributed by atoms with E-state index in [4.69, 9.17) is 5.73 Å². The number of halogens is 2. The van der Waals surface area contributed by atoms with Crippen molar-refractivity contribution in [1.82, 2.24) is 10.2 Å². The van der Waals surface area contributed by atoms with Crippen LogP contribution < -0.4 is 15.8 Å². The molecule has 0 aromatic heterocycles. The molecule has 1 atom stereocenters. The van der Waals surface area contributed by atoms with Gasteiger partial charge in [0.25, 0.3) is 0 Å². The van der Waals surface area contributed by atoms with Gasteiger partial charge < -0.3 is 20.7 Å². The van der Waals surface area contributed by atoms with Gasteiger partial charge in [-0.05, 0) is 24.8 Å². The van der Waals surface area contributed by atoms with Crippen molar-refractivity contribution >= 4 is 11.9 Å². The van der Waals surface area contributed by atoms with Gasteiger partial charge in [-0.25, -0.2) is 0 Å².